The largest absolute Gasteiger partial charge is 0.494 e. The third-order valence-electron chi connectivity index (χ3n) is 4.42. The summed E-state index contributed by atoms with van der Waals surface area (Å²) in [6, 6.07) is 8.73. The summed E-state index contributed by atoms with van der Waals surface area (Å²) in [5, 5.41) is 9.44. The molecule has 130 valence electrons. The van der Waals surface area contributed by atoms with E-state index >= 15 is 0 Å². The predicted octanol–water partition coefficient (Wildman–Crippen LogP) is 2.61. The van der Waals surface area contributed by atoms with Crippen molar-refractivity contribution in [1.82, 2.24) is 9.80 Å². The van der Waals surface area contributed by atoms with Gasteiger partial charge < -0.3 is 14.7 Å². The van der Waals surface area contributed by atoms with E-state index in [0.717, 1.165) is 44.9 Å². The van der Waals surface area contributed by atoms with E-state index < -0.39 is 0 Å². The molecule has 0 aliphatic carbocycles. The molecule has 0 bridgehead atoms. The van der Waals surface area contributed by atoms with Crippen molar-refractivity contribution in [1.29, 1.82) is 0 Å². The fourth-order valence-electron chi connectivity index (χ4n) is 3.42. The number of nitrogens with zero attached hydrogens (tertiary/aromatic N) is 2. The van der Waals surface area contributed by atoms with Crippen LogP contribution >= 0.6 is 0 Å². The van der Waals surface area contributed by atoms with Crippen molar-refractivity contribution in [3.8, 4) is 5.75 Å². The second-order valence-electron chi connectivity index (χ2n) is 6.83. The maximum atomic E-state index is 9.44. The molecular weight excluding hydrogens is 288 g/mol. The number of para-hydroxylation sites is 1. The third-order valence-corrected chi connectivity index (χ3v) is 4.42. The molecule has 1 aromatic rings. The Kier molecular flexibility index (Phi) is 7.34. The van der Waals surface area contributed by atoms with Gasteiger partial charge in [0.15, 0.2) is 0 Å². The van der Waals surface area contributed by atoms with Gasteiger partial charge in [0.05, 0.1) is 6.61 Å². The molecule has 1 aliphatic heterocycles. The minimum absolute atomic E-state index is 0.254. The van der Waals surface area contributed by atoms with Crippen LogP contribution in [0.25, 0.3) is 0 Å². The number of rotatable bonds is 8. The molecule has 2 rings (SSSR count). The highest BCUT2D eigenvalue weighted by atomic mass is 16.5. The van der Waals surface area contributed by atoms with Crippen LogP contribution in [0, 0.1) is 5.92 Å². The minimum atomic E-state index is 0.254. The number of aliphatic hydroxyl groups is 1. The average Bonchev–Trinajstić information content (AvgIpc) is 2.51. The number of hydrogen-bond acceptors (Lipinski definition) is 4. The highest BCUT2D eigenvalue weighted by Crippen LogP contribution is 2.23. The van der Waals surface area contributed by atoms with Crippen molar-refractivity contribution in [2.45, 2.75) is 39.8 Å². The first kappa shape index (κ1) is 18.2. The first-order valence-electron chi connectivity index (χ1n) is 8.92. The van der Waals surface area contributed by atoms with Crippen LogP contribution in [-0.2, 0) is 6.54 Å². The molecule has 0 saturated carbocycles. The van der Waals surface area contributed by atoms with Crippen LogP contribution in [0.2, 0.25) is 0 Å². The third kappa shape index (κ3) is 5.48. The number of ether oxygens (including phenoxy) is 1. The van der Waals surface area contributed by atoms with E-state index in [0.29, 0.717) is 18.6 Å². The number of benzene rings is 1. The van der Waals surface area contributed by atoms with Crippen molar-refractivity contribution >= 4 is 0 Å². The smallest absolute Gasteiger partial charge is 0.123 e. The Morgan fingerprint density at radius 1 is 1.26 bits per heavy atom. The van der Waals surface area contributed by atoms with E-state index in [-0.39, 0.29) is 6.61 Å². The summed E-state index contributed by atoms with van der Waals surface area (Å²) >= 11 is 0. The fraction of sp³-hybridized carbons (Fsp3) is 0.684. The molecule has 0 radical (unpaired) electrons. The summed E-state index contributed by atoms with van der Waals surface area (Å²) in [4.78, 5) is 5.04. The Morgan fingerprint density at radius 2 is 2.04 bits per heavy atom. The fourth-order valence-corrected chi connectivity index (χ4v) is 3.42. The SMILES string of the molecule is CCOc1ccccc1CN1CCN(CC(C)C)C[C@H]1CCO. The highest BCUT2D eigenvalue weighted by molar-refractivity contribution is 5.33. The van der Waals surface area contributed by atoms with Gasteiger partial charge in [-0.2, -0.15) is 0 Å². The molecule has 0 amide bonds. The lowest BCUT2D eigenvalue weighted by Gasteiger charge is -2.42. The van der Waals surface area contributed by atoms with Gasteiger partial charge in [-0.25, -0.2) is 0 Å². The molecule has 23 heavy (non-hydrogen) atoms. The molecule has 4 nitrogen and oxygen atoms in total. The summed E-state index contributed by atoms with van der Waals surface area (Å²) < 4.78 is 5.76. The molecule has 1 N–H and O–H groups in total. The molecule has 4 heteroatoms. The van der Waals surface area contributed by atoms with Gasteiger partial charge in [-0.3, -0.25) is 4.90 Å². The van der Waals surface area contributed by atoms with E-state index in [9.17, 15) is 5.11 Å². The van der Waals surface area contributed by atoms with Crippen molar-refractivity contribution in [3.63, 3.8) is 0 Å². The summed E-state index contributed by atoms with van der Waals surface area (Å²) in [5.41, 5.74) is 1.24. The number of piperazine rings is 1. The molecule has 1 saturated heterocycles. The zero-order valence-corrected chi connectivity index (χ0v) is 14.9. The summed E-state index contributed by atoms with van der Waals surface area (Å²) in [5.74, 6) is 1.68. The monoisotopic (exact) mass is 320 g/mol. The van der Waals surface area contributed by atoms with Gasteiger partial charge >= 0.3 is 0 Å². The lowest BCUT2D eigenvalue weighted by molar-refractivity contribution is 0.0478. The summed E-state index contributed by atoms with van der Waals surface area (Å²) in [7, 11) is 0. The van der Waals surface area contributed by atoms with E-state index in [2.05, 4.69) is 41.8 Å². The maximum Gasteiger partial charge on any atom is 0.123 e. The van der Waals surface area contributed by atoms with Crippen LogP contribution in [0.4, 0.5) is 0 Å². The zero-order valence-electron chi connectivity index (χ0n) is 14.9. The van der Waals surface area contributed by atoms with Crippen molar-refractivity contribution < 1.29 is 9.84 Å². The van der Waals surface area contributed by atoms with Crippen LogP contribution in [0.1, 0.15) is 32.8 Å². The van der Waals surface area contributed by atoms with E-state index in [1.807, 2.05) is 13.0 Å². The molecule has 0 spiro atoms. The normalized spacial score (nSPS) is 20.1. The molecule has 1 fully saturated rings. The van der Waals surface area contributed by atoms with Crippen molar-refractivity contribution in [3.05, 3.63) is 29.8 Å². The van der Waals surface area contributed by atoms with Crippen LogP contribution in [0.15, 0.2) is 24.3 Å². The van der Waals surface area contributed by atoms with Gasteiger partial charge in [0, 0.05) is 50.9 Å². The average molecular weight is 320 g/mol. The Hall–Kier alpha value is -1.10. The molecule has 0 unspecified atom stereocenters. The Balaban J connectivity index is 2.03. The molecule has 1 aromatic carbocycles. The van der Waals surface area contributed by atoms with Crippen molar-refractivity contribution in [2.75, 3.05) is 39.4 Å². The second-order valence-corrected chi connectivity index (χ2v) is 6.83. The van der Waals surface area contributed by atoms with Gasteiger partial charge in [0.2, 0.25) is 0 Å². The van der Waals surface area contributed by atoms with Gasteiger partial charge in [0.1, 0.15) is 5.75 Å². The van der Waals surface area contributed by atoms with Gasteiger partial charge in [-0.1, -0.05) is 32.0 Å². The predicted molar refractivity (Wildman–Crippen MR) is 94.8 cm³/mol. The van der Waals surface area contributed by atoms with E-state index in [1.165, 1.54) is 5.56 Å². The van der Waals surface area contributed by atoms with Gasteiger partial charge in [-0.15, -0.1) is 0 Å². The second kappa shape index (κ2) is 9.26. The number of hydrogen-bond donors (Lipinski definition) is 1. The maximum absolute atomic E-state index is 9.44. The standard InChI is InChI=1S/C19H32N2O2/c1-4-23-19-8-6-5-7-17(19)14-21-11-10-20(13-16(2)3)15-18(21)9-12-22/h5-8,16,18,22H,4,9-15H2,1-3H3/t18-/m1/s1. The quantitative estimate of drug-likeness (QED) is 0.799. The van der Waals surface area contributed by atoms with Crippen LogP contribution in [0.3, 0.4) is 0 Å². The Morgan fingerprint density at radius 3 is 2.74 bits per heavy atom. The Labute approximate surface area is 141 Å². The molecule has 1 aliphatic rings. The number of aliphatic hydroxyl groups excluding tert-OH is 1. The first-order chi connectivity index (χ1) is 11.1. The lowest BCUT2D eigenvalue weighted by Crippen LogP contribution is -2.53. The first-order valence-corrected chi connectivity index (χ1v) is 8.92. The van der Waals surface area contributed by atoms with Crippen molar-refractivity contribution in [2.24, 2.45) is 5.92 Å². The summed E-state index contributed by atoms with van der Waals surface area (Å²) in [6.45, 7) is 12.8. The summed E-state index contributed by atoms with van der Waals surface area (Å²) in [6.07, 6.45) is 0.839. The van der Waals surface area contributed by atoms with Gasteiger partial charge in [-0.05, 0) is 25.3 Å². The molecular formula is C19H32N2O2. The van der Waals surface area contributed by atoms with Crippen LogP contribution < -0.4 is 4.74 Å². The van der Waals surface area contributed by atoms with E-state index in [1.54, 1.807) is 0 Å². The minimum Gasteiger partial charge on any atom is -0.494 e. The topological polar surface area (TPSA) is 35.9 Å². The zero-order chi connectivity index (χ0) is 16.7. The Bertz CT molecular complexity index is 464. The highest BCUT2D eigenvalue weighted by Gasteiger charge is 2.27. The molecule has 1 heterocycles. The van der Waals surface area contributed by atoms with E-state index in [4.69, 9.17) is 4.74 Å². The van der Waals surface area contributed by atoms with Gasteiger partial charge in [0.25, 0.3) is 0 Å². The molecule has 0 aromatic heterocycles. The molecule has 1 atom stereocenters. The lowest BCUT2D eigenvalue weighted by atomic mass is 10.1. The van der Waals surface area contributed by atoms with Crippen LogP contribution in [-0.4, -0.2) is 60.3 Å². The van der Waals surface area contributed by atoms with Crippen LogP contribution in [0.5, 0.6) is 5.75 Å².